The molecule has 4 nitrogen and oxygen atoms in total. The number of ether oxygens (including phenoxy) is 4. The van der Waals surface area contributed by atoms with Crippen molar-refractivity contribution in [3.63, 3.8) is 0 Å². The van der Waals surface area contributed by atoms with Gasteiger partial charge in [-0.2, -0.15) is 0 Å². The average molecular weight is 1270 g/mol. The fourth-order valence-electron chi connectivity index (χ4n) is 9.86. The third-order valence-electron chi connectivity index (χ3n) is 13.7. The molecular weight excluding hydrogens is 1200 g/mol. The molecule has 4 aliphatic rings. The fourth-order valence-corrected chi connectivity index (χ4v) is 31.3. The fraction of sp³-hybridized carbons (Fsp3) is 0.692. The molecule has 14 heteroatoms. The van der Waals surface area contributed by atoms with Crippen LogP contribution in [0.5, 0.6) is 23.0 Å². The van der Waals surface area contributed by atoms with E-state index in [0.29, 0.717) is 0 Å². The van der Waals surface area contributed by atoms with Crippen molar-refractivity contribution in [1.29, 1.82) is 0 Å². The average Bonchev–Trinajstić information content (AvgIpc) is 4.05. The first-order valence-corrected chi connectivity index (χ1v) is 38.5. The van der Waals surface area contributed by atoms with Gasteiger partial charge in [0.1, 0.15) is 0 Å². The second kappa shape index (κ2) is 26.5. The summed E-state index contributed by atoms with van der Waals surface area (Å²) in [6.07, 6.45) is 30.2. The van der Waals surface area contributed by atoms with E-state index in [2.05, 4.69) is 87.3 Å². The van der Waals surface area contributed by atoms with E-state index in [9.17, 15) is 0 Å². The minimum atomic E-state index is 0.0996. The molecule has 66 heavy (non-hydrogen) atoms. The summed E-state index contributed by atoms with van der Waals surface area (Å²) in [4.78, 5) is 6.41. The quantitative estimate of drug-likeness (QED) is 0.0364. The maximum atomic E-state index is 7.27. The third kappa shape index (κ3) is 12.4. The van der Waals surface area contributed by atoms with Crippen LogP contribution < -0.4 is 18.9 Å². The number of hydrogen-bond donors (Lipinski definition) is 0. The summed E-state index contributed by atoms with van der Waals surface area (Å²) in [7, 11) is 0. The van der Waals surface area contributed by atoms with E-state index in [0.717, 1.165) is 49.4 Å². The van der Waals surface area contributed by atoms with Crippen LogP contribution in [0.25, 0.3) is 26.6 Å². The number of unbranched alkanes of at least 4 members (excludes halogenated alkanes) is 12. The van der Waals surface area contributed by atoms with E-state index in [1.165, 1.54) is 168 Å². The first kappa shape index (κ1) is 53.6. The number of thioether (sulfide) groups is 6. The van der Waals surface area contributed by atoms with Gasteiger partial charge < -0.3 is 0 Å². The van der Waals surface area contributed by atoms with E-state index in [4.69, 9.17) is 18.9 Å². The molecule has 0 saturated carbocycles. The van der Waals surface area contributed by atoms with Crippen LogP contribution in [0.3, 0.4) is 0 Å². The standard InChI is InChI=1S/C52H74O4S6Se4/c1-7-11-15-19-23-51(24-20-16-12-8-2)31-53-35-37(55-33-51)49(57-5)65-43(35)45-39-41(61-29-27-59-39)47(63-45)48-42-40(60-28-30-62-42)46(64-48)44-36-38(50(58-6)66-44)56-34-52(32-54-36,25-21-17-13-9-3)26-22-18-14-10-4/h7-34H2,1-6H3. The van der Waals surface area contributed by atoms with Crippen molar-refractivity contribution in [2.24, 2.45) is 10.8 Å². The Hall–Kier alpha value is 1.30. The van der Waals surface area contributed by atoms with Crippen molar-refractivity contribution in [2.45, 2.75) is 183 Å². The van der Waals surface area contributed by atoms with Gasteiger partial charge in [0.15, 0.2) is 0 Å². The van der Waals surface area contributed by atoms with Crippen molar-refractivity contribution in [1.82, 2.24) is 0 Å². The molecule has 0 saturated heterocycles. The Morgan fingerprint density at radius 2 is 0.667 bits per heavy atom. The summed E-state index contributed by atoms with van der Waals surface area (Å²) in [5.41, 5.74) is 0.199. The molecule has 366 valence electrons. The Kier molecular flexibility index (Phi) is 21.5. The Labute approximate surface area is 448 Å². The van der Waals surface area contributed by atoms with E-state index in [1.807, 2.05) is 23.5 Å². The zero-order valence-electron chi connectivity index (χ0n) is 40.5. The van der Waals surface area contributed by atoms with Gasteiger partial charge in [0, 0.05) is 0 Å². The van der Waals surface area contributed by atoms with Crippen LogP contribution in [0.1, 0.15) is 156 Å². The summed E-state index contributed by atoms with van der Waals surface area (Å²) in [5.74, 6) is 9.24. The summed E-state index contributed by atoms with van der Waals surface area (Å²) >= 11 is 13.3. The zero-order valence-corrected chi connectivity index (χ0v) is 52.3. The molecule has 4 aromatic heterocycles. The Morgan fingerprint density at radius 1 is 0.379 bits per heavy atom. The van der Waals surface area contributed by atoms with Gasteiger partial charge in [0.05, 0.1) is 0 Å². The van der Waals surface area contributed by atoms with Crippen molar-refractivity contribution in [3.05, 3.63) is 0 Å². The maximum absolute atomic E-state index is 7.27. The monoisotopic (exact) mass is 1270 g/mol. The van der Waals surface area contributed by atoms with Crippen molar-refractivity contribution in [2.75, 3.05) is 62.0 Å². The van der Waals surface area contributed by atoms with Gasteiger partial charge in [-0.3, -0.25) is 0 Å². The van der Waals surface area contributed by atoms with E-state index in [1.54, 1.807) is 37.3 Å². The Bertz CT molecular complexity index is 2000. The van der Waals surface area contributed by atoms with Crippen molar-refractivity contribution < 1.29 is 18.9 Å². The zero-order chi connectivity index (χ0) is 45.9. The molecule has 0 spiro atoms. The second-order valence-corrected chi connectivity index (χ2v) is 34.6. The number of hydrogen-bond acceptors (Lipinski definition) is 10. The van der Waals surface area contributed by atoms with Crippen LogP contribution in [0.4, 0.5) is 0 Å². The minimum absolute atomic E-state index is 0.0996. The predicted molar refractivity (Wildman–Crippen MR) is 299 cm³/mol. The first-order valence-electron chi connectivity index (χ1n) is 25.2. The van der Waals surface area contributed by atoms with Crippen LogP contribution in [0.2, 0.25) is 0 Å². The second-order valence-electron chi connectivity index (χ2n) is 18.8. The molecule has 0 radical (unpaired) electrons. The normalized spacial score (nSPS) is 17.4. The molecule has 0 N–H and O–H groups in total. The molecule has 0 amide bonds. The molecule has 8 heterocycles. The molecule has 4 aliphatic heterocycles. The molecule has 0 atom stereocenters. The Morgan fingerprint density at radius 3 is 0.955 bits per heavy atom. The molecule has 4 aromatic rings. The van der Waals surface area contributed by atoms with E-state index >= 15 is 0 Å². The first-order chi connectivity index (χ1) is 32.4. The summed E-state index contributed by atoms with van der Waals surface area (Å²) < 4.78 is 41.3. The van der Waals surface area contributed by atoms with Gasteiger partial charge in [0.2, 0.25) is 0 Å². The van der Waals surface area contributed by atoms with Gasteiger partial charge in [-0.05, 0) is 0 Å². The van der Waals surface area contributed by atoms with Gasteiger partial charge in [0.25, 0.3) is 0 Å². The number of rotatable bonds is 25. The molecule has 0 aromatic carbocycles. The molecular formula is C52H74O4S6Se4. The van der Waals surface area contributed by atoms with E-state index in [-0.39, 0.29) is 68.8 Å². The van der Waals surface area contributed by atoms with Crippen molar-refractivity contribution in [3.8, 4) is 49.6 Å². The summed E-state index contributed by atoms with van der Waals surface area (Å²) in [5, 5.41) is 0. The molecule has 0 unspecified atom stereocenters. The van der Waals surface area contributed by atoms with Crippen LogP contribution in [0.15, 0.2) is 27.1 Å². The summed E-state index contributed by atoms with van der Waals surface area (Å²) in [6, 6.07) is 0. The van der Waals surface area contributed by atoms with Crippen LogP contribution >= 0.6 is 70.6 Å². The topological polar surface area (TPSA) is 36.9 Å². The molecule has 8 rings (SSSR count). The molecule has 0 fully saturated rings. The van der Waals surface area contributed by atoms with Crippen LogP contribution in [0, 0.1) is 10.8 Å². The van der Waals surface area contributed by atoms with Gasteiger partial charge in [-0.15, -0.1) is 0 Å². The third-order valence-corrected chi connectivity index (χ3v) is 35.3. The predicted octanol–water partition coefficient (Wildman–Crippen LogP) is 16.2. The molecule has 0 aliphatic carbocycles. The van der Waals surface area contributed by atoms with Gasteiger partial charge >= 0.3 is 453 Å². The Balaban J connectivity index is 1.14. The van der Waals surface area contributed by atoms with E-state index < -0.39 is 0 Å². The van der Waals surface area contributed by atoms with Crippen LogP contribution in [-0.2, 0) is 0 Å². The van der Waals surface area contributed by atoms with Crippen molar-refractivity contribution >= 4 is 129 Å². The van der Waals surface area contributed by atoms with Gasteiger partial charge in [-0.1, -0.05) is 0 Å². The number of fused-ring (bicyclic) bond motifs is 4. The van der Waals surface area contributed by atoms with Crippen LogP contribution in [-0.4, -0.2) is 120 Å². The molecule has 0 bridgehead atoms. The SMILES string of the molecule is CCCCCCC1(CCCCCC)COc2c(SC)[se]c(-c3[se]c(-c4[se]c(-c5[se]c(SC)c6c5OCC(CCCCCC)(CCCCCC)CO6)c5c4SCCS5)c4c3SCCS4)c2OC1. The van der Waals surface area contributed by atoms with Gasteiger partial charge in [-0.25, -0.2) is 0 Å². The summed E-state index contributed by atoms with van der Waals surface area (Å²) in [6.45, 7) is 12.5.